The number of benzene rings is 1. The number of amides is 1. The zero-order valence-corrected chi connectivity index (χ0v) is 16.1. The molecule has 1 aliphatic heterocycles. The summed E-state index contributed by atoms with van der Waals surface area (Å²) >= 11 is 6.28. The molecule has 1 saturated heterocycles. The number of hydrogen-bond acceptors (Lipinski definition) is 3. The molecule has 0 spiro atoms. The lowest BCUT2D eigenvalue weighted by Crippen LogP contribution is -2.55. The average Bonchev–Trinajstić information content (AvgIpc) is 2.60. The van der Waals surface area contributed by atoms with E-state index in [1.54, 1.807) is 7.11 Å². The van der Waals surface area contributed by atoms with Crippen LogP contribution in [-0.4, -0.2) is 43.2 Å². The SMILES string of the molecule is CCCCN(Cc1ccccc1Cl)C(=O)C1(OC)CCNCC1.Cl. The molecule has 1 aromatic carbocycles. The molecule has 0 bridgehead atoms. The molecule has 1 aliphatic rings. The second-order valence-corrected chi connectivity index (χ2v) is 6.53. The topological polar surface area (TPSA) is 41.6 Å². The molecule has 0 saturated carbocycles. The van der Waals surface area contributed by atoms with Gasteiger partial charge >= 0.3 is 0 Å². The van der Waals surface area contributed by atoms with Crippen LogP contribution in [0.5, 0.6) is 0 Å². The van der Waals surface area contributed by atoms with Crippen LogP contribution in [-0.2, 0) is 16.1 Å². The summed E-state index contributed by atoms with van der Waals surface area (Å²) < 4.78 is 5.71. The van der Waals surface area contributed by atoms with Crippen LogP contribution in [0, 0.1) is 0 Å². The number of nitrogens with zero attached hydrogens (tertiary/aromatic N) is 1. The van der Waals surface area contributed by atoms with Gasteiger partial charge in [-0.3, -0.25) is 4.79 Å². The van der Waals surface area contributed by atoms with Crippen LogP contribution in [0.2, 0.25) is 5.02 Å². The highest BCUT2D eigenvalue weighted by Gasteiger charge is 2.42. The van der Waals surface area contributed by atoms with Crippen LogP contribution in [0.25, 0.3) is 0 Å². The number of unbranched alkanes of at least 4 members (excludes halogenated alkanes) is 1. The maximum absolute atomic E-state index is 13.2. The van der Waals surface area contributed by atoms with Gasteiger partial charge < -0.3 is 15.0 Å². The molecule has 1 amide bonds. The Kier molecular flexibility index (Phi) is 9.06. The summed E-state index contributed by atoms with van der Waals surface area (Å²) in [6, 6.07) is 7.72. The lowest BCUT2D eigenvalue weighted by molar-refractivity contribution is -0.159. The molecular weight excluding hydrogens is 347 g/mol. The van der Waals surface area contributed by atoms with Gasteiger partial charge in [0.1, 0.15) is 5.60 Å². The number of ether oxygens (including phenoxy) is 1. The Morgan fingerprint density at radius 2 is 2.00 bits per heavy atom. The maximum atomic E-state index is 13.2. The number of nitrogens with one attached hydrogen (secondary N) is 1. The maximum Gasteiger partial charge on any atom is 0.255 e. The largest absolute Gasteiger partial charge is 0.368 e. The first-order valence-corrected chi connectivity index (χ1v) is 8.79. The minimum atomic E-state index is -0.694. The lowest BCUT2D eigenvalue weighted by Gasteiger charge is -2.39. The van der Waals surface area contributed by atoms with E-state index in [9.17, 15) is 4.79 Å². The van der Waals surface area contributed by atoms with Gasteiger partial charge in [0.15, 0.2) is 0 Å². The Morgan fingerprint density at radius 1 is 1.33 bits per heavy atom. The Labute approximate surface area is 156 Å². The summed E-state index contributed by atoms with van der Waals surface area (Å²) in [6.45, 7) is 5.03. The number of methoxy groups -OCH3 is 1. The van der Waals surface area contributed by atoms with Crippen molar-refractivity contribution in [2.75, 3.05) is 26.7 Å². The number of rotatable bonds is 7. The van der Waals surface area contributed by atoms with E-state index in [0.717, 1.165) is 38.0 Å². The number of piperidine rings is 1. The van der Waals surface area contributed by atoms with Crippen molar-refractivity contribution in [2.24, 2.45) is 0 Å². The van der Waals surface area contributed by atoms with Crippen molar-refractivity contribution in [3.63, 3.8) is 0 Å². The molecule has 1 heterocycles. The van der Waals surface area contributed by atoms with E-state index in [2.05, 4.69) is 12.2 Å². The standard InChI is InChI=1S/C18H27ClN2O2.ClH/c1-3-4-13-21(14-15-7-5-6-8-16(15)19)17(22)18(23-2)9-11-20-12-10-18;/h5-8,20H,3-4,9-14H2,1-2H3;1H. The van der Waals surface area contributed by atoms with Crippen molar-refractivity contribution >= 4 is 29.9 Å². The van der Waals surface area contributed by atoms with Crippen LogP contribution >= 0.6 is 24.0 Å². The van der Waals surface area contributed by atoms with Crippen LogP contribution in [0.15, 0.2) is 24.3 Å². The third-order valence-electron chi connectivity index (χ3n) is 4.58. The summed E-state index contributed by atoms with van der Waals surface area (Å²) in [5.74, 6) is 0.0925. The molecule has 0 aliphatic carbocycles. The van der Waals surface area contributed by atoms with Crippen LogP contribution in [0.1, 0.15) is 38.2 Å². The Balaban J connectivity index is 0.00000288. The summed E-state index contributed by atoms with van der Waals surface area (Å²) in [5, 5.41) is 4.00. The van der Waals surface area contributed by atoms with E-state index in [1.807, 2.05) is 29.2 Å². The van der Waals surface area contributed by atoms with Crippen LogP contribution in [0.3, 0.4) is 0 Å². The van der Waals surface area contributed by atoms with E-state index in [-0.39, 0.29) is 18.3 Å². The quantitative estimate of drug-likeness (QED) is 0.791. The van der Waals surface area contributed by atoms with Crippen molar-refractivity contribution < 1.29 is 9.53 Å². The fourth-order valence-electron chi connectivity index (χ4n) is 3.06. The second-order valence-electron chi connectivity index (χ2n) is 6.12. The molecule has 0 atom stereocenters. The normalized spacial score (nSPS) is 16.3. The Hall–Kier alpha value is -0.810. The molecule has 1 aromatic rings. The molecule has 136 valence electrons. The summed E-state index contributed by atoms with van der Waals surface area (Å²) in [6.07, 6.45) is 3.46. The first-order valence-electron chi connectivity index (χ1n) is 8.41. The highest BCUT2D eigenvalue weighted by atomic mass is 35.5. The molecule has 2 rings (SSSR count). The Morgan fingerprint density at radius 3 is 2.58 bits per heavy atom. The predicted molar refractivity (Wildman–Crippen MR) is 101 cm³/mol. The zero-order chi connectivity index (χ0) is 16.7. The van der Waals surface area contributed by atoms with Crippen LogP contribution < -0.4 is 5.32 Å². The first-order chi connectivity index (χ1) is 11.1. The zero-order valence-electron chi connectivity index (χ0n) is 14.5. The van der Waals surface area contributed by atoms with Crippen LogP contribution in [0.4, 0.5) is 0 Å². The fraction of sp³-hybridized carbons (Fsp3) is 0.611. The first kappa shape index (κ1) is 21.2. The second kappa shape index (κ2) is 10.2. The lowest BCUT2D eigenvalue weighted by atomic mass is 9.90. The van der Waals surface area contributed by atoms with E-state index in [0.29, 0.717) is 24.4 Å². The third kappa shape index (κ3) is 5.09. The average molecular weight is 375 g/mol. The van der Waals surface area contributed by atoms with Gasteiger partial charge in [0.05, 0.1) is 0 Å². The van der Waals surface area contributed by atoms with E-state index in [1.165, 1.54) is 0 Å². The molecule has 1 fully saturated rings. The van der Waals surface area contributed by atoms with Gasteiger partial charge in [0.2, 0.25) is 0 Å². The van der Waals surface area contributed by atoms with Gasteiger partial charge in [0.25, 0.3) is 5.91 Å². The summed E-state index contributed by atoms with van der Waals surface area (Å²) in [5.41, 5.74) is 0.291. The van der Waals surface area contributed by atoms with Gasteiger partial charge in [-0.1, -0.05) is 43.1 Å². The number of carbonyl (C=O) groups excluding carboxylic acids is 1. The molecule has 0 radical (unpaired) electrons. The Bertz CT molecular complexity index is 519. The predicted octanol–water partition coefficient (Wildman–Crippen LogP) is 3.66. The van der Waals surface area contributed by atoms with Gasteiger partial charge in [-0.2, -0.15) is 0 Å². The molecule has 4 nitrogen and oxygen atoms in total. The third-order valence-corrected chi connectivity index (χ3v) is 4.95. The van der Waals surface area contributed by atoms with E-state index < -0.39 is 5.60 Å². The van der Waals surface area contributed by atoms with Crippen molar-refractivity contribution in [2.45, 2.75) is 44.8 Å². The summed E-state index contributed by atoms with van der Waals surface area (Å²) in [4.78, 5) is 15.1. The number of carbonyl (C=O) groups is 1. The molecule has 0 aromatic heterocycles. The van der Waals surface area contributed by atoms with Crippen molar-refractivity contribution in [1.82, 2.24) is 10.2 Å². The summed E-state index contributed by atoms with van der Waals surface area (Å²) in [7, 11) is 1.65. The van der Waals surface area contributed by atoms with E-state index in [4.69, 9.17) is 16.3 Å². The molecular formula is C18H28Cl2N2O2. The van der Waals surface area contributed by atoms with Gasteiger partial charge in [-0.15, -0.1) is 12.4 Å². The van der Waals surface area contributed by atoms with Gasteiger partial charge in [0, 0.05) is 25.2 Å². The minimum Gasteiger partial charge on any atom is -0.368 e. The minimum absolute atomic E-state index is 0. The van der Waals surface area contributed by atoms with E-state index >= 15 is 0 Å². The molecule has 1 N–H and O–H groups in total. The highest BCUT2D eigenvalue weighted by Crippen LogP contribution is 2.27. The smallest absolute Gasteiger partial charge is 0.255 e. The molecule has 0 unspecified atom stereocenters. The number of hydrogen-bond donors (Lipinski definition) is 1. The molecule has 6 heteroatoms. The molecule has 24 heavy (non-hydrogen) atoms. The van der Waals surface area contributed by atoms with Crippen molar-refractivity contribution in [1.29, 1.82) is 0 Å². The van der Waals surface area contributed by atoms with Gasteiger partial charge in [-0.05, 0) is 44.0 Å². The monoisotopic (exact) mass is 374 g/mol. The fourth-order valence-corrected chi connectivity index (χ4v) is 3.25. The van der Waals surface area contributed by atoms with Gasteiger partial charge in [-0.25, -0.2) is 0 Å². The van der Waals surface area contributed by atoms with Crippen molar-refractivity contribution in [3.05, 3.63) is 34.9 Å². The number of halogens is 2. The highest BCUT2D eigenvalue weighted by molar-refractivity contribution is 6.31. The van der Waals surface area contributed by atoms with Crippen molar-refractivity contribution in [3.8, 4) is 0 Å².